The van der Waals surface area contributed by atoms with E-state index in [0.29, 0.717) is 18.3 Å². The van der Waals surface area contributed by atoms with E-state index in [1.54, 1.807) is 20.9 Å². The van der Waals surface area contributed by atoms with E-state index in [1.807, 2.05) is 34.9 Å². The number of hydrogen-bond donors (Lipinski definition) is 1. The van der Waals surface area contributed by atoms with Gasteiger partial charge in [-0.15, -0.1) is 35.7 Å². The molecule has 0 amide bonds. The SMILES string of the molecule is CN=C(NCC(C)Sc1ccccc1)N1CCS(=O)(=O)C(C)(C)C1.I. The number of nitrogens with one attached hydrogen (secondary N) is 1. The van der Waals surface area contributed by atoms with Crippen LogP contribution in [0.1, 0.15) is 20.8 Å². The molecule has 0 aromatic heterocycles. The Balaban J connectivity index is 0.00000312. The van der Waals surface area contributed by atoms with Crippen molar-refractivity contribution in [2.45, 2.75) is 35.7 Å². The molecule has 8 heteroatoms. The molecule has 1 aliphatic rings. The van der Waals surface area contributed by atoms with Gasteiger partial charge < -0.3 is 10.2 Å². The molecule has 1 aromatic carbocycles. The number of aliphatic imine (C=N–C) groups is 1. The monoisotopic (exact) mass is 497 g/mol. The first-order chi connectivity index (χ1) is 11.2. The van der Waals surface area contributed by atoms with Crippen LogP contribution in [-0.2, 0) is 9.84 Å². The molecule has 0 bridgehead atoms. The normalized spacial score (nSPS) is 20.5. The van der Waals surface area contributed by atoms with Crippen molar-refractivity contribution in [1.82, 2.24) is 10.2 Å². The number of nitrogens with zero attached hydrogens (tertiary/aromatic N) is 2. The van der Waals surface area contributed by atoms with Crippen LogP contribution in [0.3, 0.4) is 0 Å². The third-order valence-electron chi connectivity index (χ3n) is 4.18. The Morgan fingerprint density at radius 2 is 2.00 bits per heavy atom. The summed E-state index contributed by atoms with van der Waals surface area (Å²) < 4.78 is 23.5. The number of halogens is 1. The number of hydrogen-bond acceptors (Lipinski definition) is 4. The van der Waals surface area contributed by atoms with Gasteiger partial charge in [0.1, 0.15) is 0 Å². The zero-order chi connectivity index (χ0) is 17.8. The first-order valence-corrected chi connectivity index (χ1v) is 10.7. The highest BCUT2D eigenvalue weighted by Crippen LogP contribution is 2.24. The van der Waals surface area contributed by atoms with Gasteiger partial charge in [-0.2, -0.15) is 0 Å². The zero-order valence-corrected chi connectivity index (χ0v) is 19.2. The van der Waals surface area contributed by atoms with E-state index >= 15 is 0 Å². The van der Waals surface area contributed by atoms with Crippen molar-refractivity contribution in [2.24, 2.45) is 4.99 Å². The lowest BCUT2D eigenvalue weighted by Gasteiger charge is -2.39. The van der Waals surface area contributed by atoms with Crippen molar-refractivity contribution in [3.63, 3.8) is 0 Å². The van der Waals surface area contributed by atoms with Gasteiger partial charge in [-0.05, 0) is 26.0 Å². The molecule has 1 atom stereocenters. The minimum atomic E-state index is -3.04. The van der Waals surface area contributed by atoms with Crippen LogP contribution in [0, 0.1) is 0 Å². The highest BCUT2D eigenvalue weighted by Gasteiger charge is 2.40. The van der Waals surface area contributed by atoms with E-state index in [4.69, 9.17) is 0 Å². The molecule has 2 rings (SSSR count). The molecule has 1 saturated heterocycles. The molecule has 142 valence electrons. The maximum absolute atomic E-state index is 12.1. The lowest BCUT2D eigenvalue weighted by Crippen LogP contribution is -2.57. The summed E-state index contributed by atoms with van der Waals surface area (Å²) in [5, 5.41) is 3.76. The fraction of sp³-hybridized carbons (Fsp3) is 0.588. The molecule has 1 heterocycles. The van der Waals surface area contributed by atoms with Gasteiger partial charge in [0.25, 0.3) is 0 Å². The number of benzene rings is 1. The summed E-state index contributed by atoms with van der Waals surface area (Å²) in [6, 6.07) is 10.3. The molecular weight excluding hydrogens is 469 g/mol. The van der Waals surface area contributed by atoms with E-state index in [1.165, 1.54) is 4.90 Å². The lowest BCUT2D eigenvalue weighted by atomic mass is 10.2. The topological polar surface area (TPSA) is 61.8 Å². The summed E-state index contributed by atoms with van der Waals surface area (Å²) in [6.45, 7) is 7.48. The average molecular weight is 497 g/mol. The predicted molar refractivity (Wildman–Crippen MR) is 118 cm³/mol. The quantitative estimate of drug-likeness (QED) is 0.300. The summed E-state index contributed by atoms with van der Waals surface area (Å²) in [4.78, 5) is 7.62. The molecule has 1 aliphatic heterocycles. The van der Waals surface area contributed by atoms with E-state index in [9.17, 15) is 8.42 Å². The fourth-order valence-electron chi connectivity index (χ4n) is 2.66. The first kappa shape index (κ1) is 22.6. The number of rotatable bonds is 4. The molecule has 1 N–H and O–H groups in total. The second-order valence-corrected chi connectivity index (χ2v) is 10.9. The van der Waals surface area contributed by atoms with Crippen LogP contribution in [0.2, 0.25) is 0 Å². The summed E-state index contributed by atoms with van der Waals surface area (Å²) in [5.74, 6) is 0.952. The Morgan fingerprint density at radius 3 is 2.56 bits per heavy atom. The Hall–Kier alpha value is -0.480. The van der Waals surface area contributed by atoms with Crippen LogP contribution in [0.4, 0.5) is 0 Å². The number of sulfone groups is 1. The van der Waals surface area contributed by atoms with Gasteiger partial charge in [-0.25, -0.2) is 8.42 Å². The maximum Gasteiger partial charge on any atom is 0.193 e. The van der Waals surface area contributed by atoms with Crippen LogP contribution < -0.4 is 5.32 Å². The average Bonchev–Trinajstić information content (AvgIpc) is 2.52. The minimum absolute atomic E-state index is 0. The van der Waals surface area contributed by atoms with E-state index in [2.05, 4.69) is 29.4 Å². The molecule has 1 unspecified atom stereocenters. The van der Waals surface area contributed by atoms with Crippen molar-refractivity contribution >= 4 is 51.5 Å². The fourth-order valence-corrected chi connectivity index (χ4v) is 4.98. The minimum Gasteiger partial charge on any atom is -0.355 e. The maximum atomic E-state index is 12.1. The van der Waals surface area contributed by atoms with Crippen LogP contribution in [-0.4, -0.2) is 61.7 Å². The molecule has 5 nitrogen and oxygen atoms in total. The second kappa shape index (κ2) is 9.45. The Labute approximate surface area is 173 Å². The Bertz CT molecular complexity index is 678. The van der Waals surface area contributed by atoms with Crippen molar-refractivity contribution in [3.05, 3.63) is 30.3 Å². The van der Waals surface area contributed by atoms with Gasteiger partial charge in [0, 0.05) is 36.8 Å². The third-order valence-corrected chi connectivity index (χ3v) is 7.83. The highest BCUT2D eigenvalue weighted by molar-refractivity contribution is 14.0. The van der Waals surface area contributed by atoms with Crippen LogP contribution in [0.15, 0.2) is 40.2 Å². The number of guanidine groups is 1. The highest BCUT2D eigenvalue weighted by atomic mass is 127. The molecule has 0 spiro atoms. The van der Waals surface area contributed by atoms with Gasteiger partial charge in [0.15, 0.2) is 15.8 Å². The Morgan fingerprint density at radius 1 is 1.36 bits per heavy atom. The molecule has 0 aliphatic carbocycles. The molecule has 25 heavy (non-hydrogen) atoms. The number of thioether (sulfide) groups is 1. The zero-order valence-electron chi connectivity index (χ0n) is 15.2. The van der Waals surface area contributed by atoms with E-state index in [-0.39, 0.29) is 29.7 Å². The standard InChI is InChI=1S/C17H27N3O2S2.HI/c1-14(23-15-8-6-5-7-9-15)12-19-16(18-4)20-10-11-24(21,22)17(2,3)13-20;/h5-9,14H,10-13H2,1-4H3,(H,18,19);1H. The second-order valence-electron chi connectivity index (χ2n) is 6.67. The third kappa shape index (κ3) is 6.02. The van der Waals surface area contributed by atoms with Gasteiger partial charge in [0.05, 0.1) is 10.5 Å². The summed E-state index contributed by atoms with van der Waals surface area (Å²) in [5.41, 5.74) is 0. The van der Waals surface area contributed by atoms with Crippen molar-refractivity contribution in [1.29, 1.82) is 0 Å². The van der Waals surface area contributed by atoms with Gasteiger partial charge in [0.2, 0.25) is 0 Å². The predicted octanol–water partition coefficient (Wildman–Crippen LogP) is 2.87. The van der Waals surface area contributed by atoms with Crippen LogP contribution >= 0.6 is 35.7 Å². The summed E-state index contributed by atoms with van der Waals surface area (Å²) in [6.07, 6.45) is 0. The van der Waals surface area contributed by atoms with Crippen molar-refractivity contribution in [3.8, 4) is 0 Å². The van der Waals surface area contributed by atoms with Crippen molar-refractivity contribution in [2.75, 3.05) is 32.4 Å². The molecular formula is C17H28IN3O2S2. The molecule has 0 saturated carbocycles. The largest absolute Gasteiger partial charge is 0.355 e. The van der Waals surface area contributed by atoms with E-state index in [0.717, 1.165) is 12.5 Å². The van der Waals surface area contributed by atoms with Crippen LogP contribution in [0.25, 0.3) is 0 Å². The first-order valence-electron chi connectivity index (χ1n) is 8.15. The van der Waals surface area contributed by atoms with Crippen LogP contribution in [0.5, 0.6) is 0 Å². The van der Waals surface area contributed by atoms with Crippen molar-refractivity contribution < 1.29 is 8.42 Å². The smallest absolute Gasteiger partial charge is 0.193 e. The molecule has 1 aromatic rings. The Kier molecular flexibility index (Phi) is 8.53. The van der Waals surface area contributed by atoms with Gasteiger partial charge in [-0.1, -0.05) is 25.1 Å². The van der Waals surface area contributed by atoms with Gasteiger partial charge in [-0.3, -0.25) is 4.99 Å². The lowest BCUT2D eigenvalue weighted by molar-refractivity contribution is 0.353. The van der Waals surface area contributed by atoms with Gasteiger partial charge >= 0.3 is 0 Å². The summed E-state index contributed by atoms with van der Waals surface area (Å²) >= 11 is 1.81. The van der Waals surface area contributed by atoms with E-state index < -0.39 is 14.6 Å². The molecule has 0 radical (unpaired) electrons. The molecule has 1 fully saturated rings. The summed E-state index contributed by atoms with van der Waals surface area (Å²) in [7, 11) is -1.29.